The molecule has 5 heteroatoms. The first-order valence-electron chi connectivity index (χ1n) is 10.8. The van der Waals surface area contributed by atoms with Crippen LogP contribution in [0.1, 0.15) is 0 Å². The van der Waals surface area contributed by atoms with E-state index in [0.717, 1.165) is 21.9 Å². The van der Waals surface area contributed by atoms with Crippen molar-refractivity contribution < 1.29 is 8.83 Å². The number of aromatic nitrogens is 1. The fourth-order valence-electron chi connectivity index (χ4n) is 4.08. The highest BCUT2D eigenvalue weighted by atomic mass is 16.4. The van der Waals surface area contributed by atoms with Crippen LogP contribution < -0.4 is 11.3 Å². The molecule has 0 spiro atoms. The number of benzene rings is 3. The van der Waals surface area contributed by atoms with Crippen LogP contribution in [0.3, 0.4) is 0 Å². The molecule has 0 aliphatic rings. The third-order valence-corrected chi connectivity index (χ3v) is 5.77. The van der Waals surface area contributed by atoms with E-state index in [1.165, 1.54) is 0 Å². The second-order valence-corrected chi connectivity index (χ2v) is 7.96. The Balaban J connectivity index is 1.63. The molecule has 0 atom stereocenters. The number of pyridine rings is 1. The summed E-state index contributed by atoms with van der Waals surface area (Å²) in [6.07, 6.45) is 0. The molecule has 0 aliphatic heterocycles. The van der Waals surface area contributed by atoms with Gasteiger partial charge in [-0.1, -0.05) is 66.7 Å². The molecule has 3 heterocycles. The molecule has 6 aromatic rings. The van der Waals surface area contributed by atoms with Crippen LogP contribution in [0.25, 0.3) is 55.6 Å². The standard InChI is InChI=1S/C29H17NO4/c31-28-22(14-19-10-4-6-12-26(19)33-28)24-16-21(18-8-2-1-3-9-18)17-25(30-24)23-15-20-11-5-7-13-27(20)34-29(23)32/h1-17H. The van der Waals surface area contributed by atoms with Crippen molar-refractivity contribution in [3.05, 3.63) is 124 Å². The fourth-order valence-corrected chi connectivity index (χ4v) is 4.08. The van der Waals surface area contributed by atoms with Crippen molar-refractivity contribution in [2.75, 3.05) is 0 Å². The van der Waals surface area contributed by atoms with Crippen LogP contribution in [0.2, 0.25) is 0 Å². The zero-order valence-electron chi connectivity index (χ0n) is 17.9. The van der Waals surface area contributed by atoms with Crippen molar-refractivity contribution >= 4 is 21.9 Å². The van der Waals surface area contributed by atoms with Crippen molar-refractivity contribution in [2.45, 2.75) is 0 Å². The SMILES string of the molecule is O=c1oc2ccccc2cc1-c1cc(-c2ccccc2)cc(-c2cc3ccccc3oc2=O)n1. The lowest BCUT2D eigenvalue weighted by molar-refractivity contribution is 0.563. The number of hydrogen-bond acceptors (Lipinski definition) is 5. The summed E-state index contributed by atoms with van der Waals surface area (Å²) in [5, 5.41) is 1.58. The van der Waals surface area contributed by atoms with E-state index in [2.05, 4.69) is 0 Å². The van der Waals surface area contributed by atoms with Crippen LogP contribution in [0.5, 0.6) is 0 Å². The first-order chi connectivity index (χ1) is 16.7. The van der Waals surface area contributed by atoms with Gasteiger partial charge in [0.1, 0.15) is 11.2 Å². The molecule has 3 aromatic heterocycles. The third kappa shape index (κ3) is 3.49. The van der Waals surface area contributed by atoms with Crippen LogP contribution in [0.4, 0.5) is 0 Å². The Hall–Kier alpha value is -4.77. The Labute approximate surface area is 193 Å². The Morgan fingerprint density at radius 2 is 0.971 bits per heavy atom. The first-order valence-corrected chi connectivity index (χ1v) is 10.8. The first kappa shape index (κ1) is 19.9. The molecule has 34 heavy (non-hydrogen) atoms. The smallest absolute Gasteiger partial charge is 0.345 e. The average Bonchev–Trinajstić information content (AvgIpc) is 2.88. The summed E-state index contributed by atoms with van der Waals surface area (Å²) in [4.78, 5) is 30.5. The van der Waals surface area contributed by atoms with Crippen LogP contribution >= 0.6 is 0 Å². The molecule has 6 rings (SSSR count). The zero-order chi connectivity index (χ0) is 23.1. The van der Waals surface area contributed by atoms with Crippen molar-refractivity contribution in [3.63, 3.8) is 0 Å². The summed E-state index contributed by atoms with van der Waals surface area (Å²) in [7, 11) is 0. The van der Waals surface area contributed by atoms with Crippen LogP contribution in [-0.2, 0) is 0 Å². The number of fused-ring (bicyclic) bond motifs is 2. The summed E-state index contributed by atoms with van der Waals surface area (Å²) in [6.45, 7) is 0. The van der Waals surface area contributed by atoms with Crippen LogP contribution in [0.15, 0.2) is 122 Å². The molecule has 0 aliphatic carbocycles. The van der Waals surface area contributed by atoms with Gasteiger partial charge in [0.25, 0.3) is 0 Å². The summed E-state index contributed by atoms with van der Waals surface area (Å²) in [5.41, 5.74) is 3.26. The predicted molar refractivity (Wildman–Crippen MR) is 133 cm³/mol. The molecule has 3 aromatic carbocycles. The number of hydrogen-bond donors (Lipinski definition) is 0. The third-order valence-electron chi connectivity index (χ3n) is 5.77. The maximum atomic E-state index is 12.9. The fraction of sp³-hybridized carbons (Fsp3) is 0. The molecule has 0 radical (unpaired) electrons. The highest BCUT2D eigenvalue weighted by molar-refractivity contribution is 5.85. The Bertz CT molecular complexity index is 1690. The molecule has 0 amide bonds. The minimum absolute atomic E-state index is 0.322. The van der Waals surface area contributed by atoms with E-state index in [0.29, 0.717) is 33.7 Å². The van der Waals surface area contributed by atoms with Gasteiger partial charge in [0.2, 0.25) is 0 Å². The van der Waals surface area contributed by atoms with Gasteiger partial charge in [-0.15, -0.1) is 0 Å². The largest absolute Gasteiger partial charge is 0.422 e. The minimum atomic E-state index is -0.493. The van der Waals surface area contributed by atoms with Gasteiger partial charge in [-0.05, 0) is 47.5 Å². The number of para-hydroxylation sites is 2. The van der Waals surface area contributed by atoms with E-state index in [9.17, 15) is 9.59 Å². The van der Waals surface area contributed by atoms with Crippen molar-refractivity contribution in [1.29, 1.82) is 0 Å². The molecular formula is C29H17NO4. The number of nitrogens with zero attached hydrogens (tertiary/aromatic N) is 1. The molecular weight excluding hydrogens is 426 g/mol. The lowest BCUT2D eigenvalue weighted by atomic mass is 10.0. The maximum Gasteiger partial charge on any atom is 0.345 e. The highest BCUT2D eigenvalue weighted by Crippen LogP contribution is 2.30. The number of rotatable bonds is 3. The molecule has 162 valence electrons. The summed E-state index contributed by atoms with van der Waals surface area (Å²) in [6, 6.07) is 31.6. The topological polar surface area (TPSA) is 73.3 Å². The summed E-state index contributed by atoms with van der Waals surface area (Å²) in [5.74, 6) is 0. The van der Waals surface area contributed by atoms with Gasteiger partial charge in [0.15, 0.2) is 0 Å². The molecule has 0 bridgehead atoms. The Morgan fingerprint density at radius 3 is 1.50 bits per heavy atom. The predicted octanol–water partition coefficient (Wildman–Crippen LogP) is 6.30. The van der Waals surface area contributed by atoms with Gasteiger partial charge in [-0.25, -0.2) is 14.6 Å². The van der Waals surface area contributed by atoms with Crippen molar-refractivity contribution in [2.24, 2.45) is 0 Å². The average molecular weight is 443 g/mol. The highest BCUT2D eigenvalue weighted by Gasteiger charge is 2.16. The van der Waals surface area contributed by atoms with Crippen molar-refractivity contribution in [3.8, 4) is 33.6 Å². The van der Waals surface area contributed by atoms with Gasteiger partial charge in [0.05, 0.1) is 22.5 Å². The van der Waals surface area contributed by atoms with E-state index >= 15 is 0 Å². The van der Waals surface area contributed by atoms with Crippen LogP contribution in [0, 0.1) is 0 Å². The van der Waals surface area contributed by atoms with Gasteiger partial charge < -0.3 is 8.83 Å². The van der Waals surface area contributed by atoms with Crippen molar-refractivity contribution in [1.82, 2.24) is 4.98 Å². The second kappa shape index (κ2) is 7.98. The van der Waals surface area contributed by atoms with E-state index < -0.39 is 11.3 Å². The molecule has 0 saturated heterocycles. The Kier molecular flexibility index (Phi) is 4.66. The molecule has 0 N–H and O–H groups in total. The zero-order valence-corrected chi connectivity index (χ0v) is 17.9. The molecule has 5 nitrogen and oxygen atoms in total. The van der Waals surface area contributed by atoms with Crippen LogP contribution in [-0.4, -0.2) is 4.98 Å². The summed E-state index contributed by atoms with van der Waals surface area (Å²) >= 11 is 0. The van der Waals surface area contributed by atoms with Gasteiger partial charge >= 0.3 is 11.3 Å². The summed E-state index contributed by atoms with van der Waals surface area (Å²) < 4.78 is 11.1. The van der Waals surface area contributed by atoms with E-state index in [4.69, 9.17) is 13.8 Å². The minimum Gasteiger partial charge on any atom is -0.422 e. The van der Waals surface area contributed by atoms with Gasteiger partial charge in [-0.3, -0.25) is 0 Å². The van der Waals surface area contributed by atoms with Gasteiger partial charge in [0, 0.05) is 10.8 Å². The lowest BCUT2D eigenvalue weighted by Gasteiger charge is -2.10. The molecule has 0 saturated carbocycles. The lowest BCUT2D eigenvalue weighted by Crippen LogP contribution is -2.07. The molecule has 0 fully saturated rings. The Morgan fingerprint density at radius 1 is 0.500 bits per heavy atom. The molecule has 0 unspecified atom stereocenters. The monoisotopic (exact) mass is 443 g/mol. The quantitative estimate of drug-likeness (QED) is 0.300. The van der Waals surface area contributed by atoms with E-state index in [-0.39, 0.29) is 0 Å². The van der Waals surface area contributed by atoms with Gasteiger partial charge in [-0.2, -0.15) is 0 Å². The van der Waals surface area contributed by atoms with E-state index in [1.54, 1.807) is 24.3 Å². The van der Waals surface area contributed by atoms with E-state index in [1.807, 2.05) is 78.9 Å². The normalized spacial score (nSPS) is 11.2. The maximum absolute atomic E-state index is 12.9. The second-order valence-electron chi connectivity index (χ2n) is 7.96.